The minimum absolute atomic E-state index is 0.140. The fraction of sp³-hybridized carbons (Fsp3) is 0.350. The number of methoxy groups -OCH3 is 1. The minimum Gasteiger partial charge on any atom is -0.465 e. The van der Waals surface area contributed by atoms with E-state index in [-0.39, 0.29) is 33.7 Å². The quantitative estimate of drug-likeness (QED) is 0.673. The van der Waals surface area contributed by atoms with Gasteiger partial charge in [-0.25, -0.2) is 9.18 Å². The van der Waals surface area contributed by atoms with E-state index in [9.17, 15) is 18.8 Å². The number of ether oxygens (including phenoxy) is 1. The number of esters is 1. The topological polar surface area (TPSA) is 105 Å². The lowest BCUT2D eigenvalue weighted by atomic mass is 10.1. The van der Waals surface area contributed by atoms with Crippen LogP contribution < -0.4 is 16.0 Å². The van der Waals surface area contributed by atoms with Gasteiger partial charge in [-0.15, -0.1) is 11.3 Å². The average Bonchev–Trinajstić information content (AvgIpc) is 3.04. The van der Waals surface area contributed by atoms with Crippen LogP contribution in [-0.4, -0.2) is 62.5 Å². The molecule has 2 amide bonds. The van der Waals surface area contributed by atoms with Crippen molar-refractivity contribution < 1.29 is 23.5 Å². The number of carbonyl (C=O) groups is 3. The Morgan fingerprint density at radius 2 is 1.80 bits per heavy atom. The van der Waals surface area contributed by atoms with Crippen LogP contribution in [0.25, 0.3) is 0 Å². The van der Waals surface area contributed by atoms with Crippen molar-refractivity contribution in [3.05, 3.63) is 46.1 Å². The van der Waals surface area contributed by atoms with Crippen LogP contribution in [0.4, 0.5) is 15.1 Å². The Kier molecular flexibility index (Phi) is 6.68. The molecule has 0 aliphatic carbocycles. The highest BCUT2D eigenvalue weighted by Crippen LogP contribution is 2.33. The molecule has 1 saturated heterocycles. The molecule has 3 N–H and O–H groups in total. The van der Waals surface area contributed by atoms with Gasteiger partial charge in [0.2, 0.25) is 5.91 Å². The lowest BCUT2D eigenvalue weighted by Crippen LogP contribution is -2.48. The van der Waals surface area contributed by atoms with Crippen LogP contribution in [0.2, 0.25) is 0 Å². The monoisotopic (exact) mass is 434 g/mol. The molecule has 8 nitrogen and oxygen atoms in total. The Labute approximate surface area is 177 Å². The molecule has 1 aromatic carbocycles. The van der Waals surface area contributed by atoms with E-state index in [1.807, 2.05) is 4.90 Å². The number of rotatable bonds is 6. The highest BCUT2D eigenvalue weighted by molar-refractivity contribution is 7.18. The normalized spacial score (nSPS) is 14.4. The van der Waals surface area contributed by atoms with Crippen LogP contribution in [-0.2, 0) is 9.53 Å². The fourth-order valence-corrected chi connectivity index (χ4v) is 4.43. The van der Waals surface area contributed by atoms with Crippen LogP contribution in [0.15, 0.2) is 24.3 Å². The Balaban J connectivity index is 1.61. The first-order valence-electron chi connectivity index (χ1n) is 9.34. The van der Waals surface area contributed by atoms with Gasteiger partial charge in [0, 0.05) is 31.9 Å². The molecule has 0 atom stereocenters. The SMILES string of the molecule is COC(=O)c1c(NC(=O)CN2CCN(c3ccc(F)cc3)CC2)sc(C(N)=O)c1C. The van der Waals surface area contributed by atoms with E-state index >= 15 is 0 Å². The molecular weight excluding hydrogens is 411 g/mol. The molecule has 1 fully saturated rings. The van der Waals surface area contributed by atoms with Crippen molar-refractivity contribution in [3.63, 3.8) is 0 Å². The molecule has 1 aliphatic heterocycles. The molecule has 0 spiro atoms. The number of halogens is 1. The van der Waals surface area contributed by atoms with Crippen LogP contribution in [0, 0.1) is 12.7 Å². The minimum atomic E-state index is -0.667. The van der Waals surface area contributed by atoms with Crippen LogP contribution >= 0.6 is 11.3 Å². The second-order valence-electron chi connectivity index (χ2n) is 6.90. The van der Waals surface area contributed by atoms with E-state index in [4.69, 9.17) is 10.5 Å². The standard InChI is InChI=1S/C20H23FN4O4S/c1-12-16(20(28)29-2)19(30-17(12)18(22)27)23-15(26)11-24-7-9-25(10-8-24)14-5-3-13(21)4-6-14/h3-6H,7-11H2,1-2H3,(H2,22,27)(H,23,26). The van der Waals surface area contributed by atoms with Gasteiger partial charge in [-0.2, -0.15) is 0 Å². The lowest BCUT2D eigenvalue weighted by Gasteiger charge is -2.35. The number of piperazine rings is 1. The van der Waals surface area contributed by atoms with Gasteiger partial charge in [0.1, 0.15) is 10.8 Å². The predicted octanol–water partition coefficient (Wildman–Crippen LogP) is 1.84. The third kappa shape index (κ3) is 4.77. The van der Waals surface area contributed by atoms with Crippen molar-refractivity contribution in [1.29, 1.82) is 0 Å². The van der Waals surface area contributed by atoms with Crippen molar-refractivity contribution in [2.45, 2.75) is 6.92 Å². The number of benzene rings is 1. The maximum Gasteiger partial charge on any atom is 0.341 e. The summed E-state index contributed by atoms with van der Waals surface area (Å²) < 4.78 is 17.9. The molecule has 3 rings (SSSR count). The first-order valence-corrected chi connectivity index (χ1v) is 10.2. The number of thiophene rings is 1. The van der Waals surface area contributed by atoms with Crippen molar-refractivity contribution in [3.8, 4) is 0 Å². The van der Waals surface area contributed by atoms with Crippen molar-refractivity contribution in [2.75, 3.05) is 50.1 Å². The summed E-state index contributed by atoms with van der Waals surface area (Å²) in [5.41, 5.74) is 6.84. The van der Waals surface area contributed by atoms with Gasteiger partial charge < -0.3 is 20.7 Å². The van der Waals surface area contributed by atoms with Crippen molar-refractivity contribution in [2.24, 2.45) is 5.73 Å². The van der Waals surface area contributed by atoms with Gasteiger partial charge in [0.15, 0.2) is 0 Å². The summed E-state index contributed by atoms with van der Waals surface area (Å²) in [5.74, 6) is -1.88. The zero-order valence-corrected chi connectivity index (χ0v) is 17.6. The number of hydrogen-bond donors (Lipinski definition) is 2. The van der Waals surface area contributed by atoms with Gasteiger partial charge in [-0.1, -0.05) is 0 Å². The zero-order chi connectivity index (χ0) is 21.8. The smallest absolute Gasteiger partial charge is 0.341 e. The molecule has 0 saturated carbocycles. The first-order chi connectivity index (χ1) is 14.3. The van der Waals surface area contributed by atoms with E-state index < -0.39 is 11.9 Å². The van der Waals surface area contributed by atoms with Gasteiger partial charge in [0.05, 0.1) is 24.1 Å². The summed E-state index contributed by atoms with van der Waals surface area (Å²) in [5, 5.41) is 2.97. The molecule has 160 valence electrons. The van der Waals surface area contributed by atoms with Crippen molar-refractivity contribution >= 4 is 39.8 Å². The molecule has 2 aromatic rings. The van der Waals surface area contributed by atoms with E-state index in [1.54, 1.807) is 19.1 Å². The summed E-state index contributed by atoms with van der Waals surface area (Å²) in [6, 6.07) is 6.33. The number of primary amides is 1. The second-order valence-corrected chi connectivity index (χ2v) is 7.92. The molecule has 0 bridgehead atoms. The van der Waals surface area contributed by atoms with Gasteiger partial charge >= 0.3 is 5.97 Å². The van der Waals surface area contributed by atoms with Crippen LogP contribution in [0.3, 0.4) is 0 Å². The Morgan fingerprint density at radius 1 is 1.17 bits per heavy atom. The highest BCUT2D eigenvalue weighted by Gasteiger charge is 2.26. The summed E-state index contributed by atoms with van der Waals surface area (Å²) in [4.78, 5) is 40.6. The predicted molar refractivity (Wildman–Crippen MR) is 113 cm³/mol. The number of hydrogen-bond acceptors (Lipinski definition) is 7. The van der Waals surface area contributed by atoms with Gasteiger partial charge in [-0.3, -0.25) is 14.5 Å². The maximum absolute atomic E-state index is 13.1. The molecule has 10 heteroatoms. The largest absolute Gasteiger partial charge is 0.465 e. The molecule has 2 heterocycles. The van der Waals surface area contributed by atoms with E-state index in [0.717, 1.165) is 17.0 Å². The number of amides is 2. The second kappa shape index (κ2) is 9.23. The number of nitrogens with one attached hydrogen (secondary N) is 1. The number of nitrogens with two attached hydrogens (primary N) is 1. The maximum atomic E-state index is 13.1. The van der Waals surface area contributed by atoms with E-state index in [1.165, 1.54) is 19.2 Å². The van der Waals surface area contributed by atoms with Crippen LogP contribution in [0.5, 0.6) is 0 Å². The van der Waals surface area contributed by atoms with Crippen molar-refractivity contribution in [1.82, 2.24) is 4.90 Å². The Hall–Kier alpha value is -2.98. The summed E-state index contributed by atoms with van der Waals surface area (Å²) in [6.45, 7) is 4.45. The Bertz CT molecular complexity index is 952. The Morgan fingerprint density at radius 3 is 2.37 bits per heavy atom. The van der Waals surface area contributed by atoms with Gasteiger partial charge in [0.25, 0.3) is 5.91 Å². The van der Waals surface area contributed by atoms with Gasteiger partial charge in [-0.05, 0) is 36.8 Å². The summed E-state index contributed by atoms with van der Waals surface area (Å²) >= 11 is 0.962. The molecule has 1 aromatic heterocycles. The molecule has 0 unspecified atom stereocenters. The third-order valence-electron chi connectivity index (χ3n) is 4.94. The average molecular weight is 434 g/mol. The number of nitrogens with zero attached hydrogens (tertiary/aromatic N) is 2. The molecule has 1 aliphatic rings. The molecule has 30 heavy (non-hydrogen) atoms. The number of carbonyl (C=O) groups excluding carboxylic acids is 3. The molecular formula is C20H23FN4O4S. The summed E-state index contributed by atoms with van der Waals surface area (Å²) in [6.07, 6.45) is 0. The van der Waals surface area contributed by atoms with E-state index in [2.05, 4.69) is 10.2 Å². The van der Waals surface area contributed by atoms with Crippen LogP contribution in [0.1, 0.15) is 25.6 Å². The zero-order valence-electron chi connectivity index (χ0n) is 16.7. The highest BCUT2D eigenvalue weighted by atomic mass is 32.1. The fourth-order valence-electron chi connectivity index (χ4n) is 3.37. The number of anilines is 2. The summed E-state index contributed by atoms with van der Waals surface area (Å²) in [7, 11) is 1.23. The third-order valence-corrected chi connectivity index (χ3v) is 6.17. The van der Waals surface area contributed by atoms with E-state index in [0.29, 0.717) is 31.7 Å². The first kappa shape index (κ1) is 21.7. The molecule has 0 radical (unpaired) electrons. The lowest BCUT2D eigenvalue weighted by molar-refractivity contribution is -0.117.